The Hall–Kier alpha value is -6.68. The van der Waals surface area contributed by atoms with Crippen LogP contribution in [-0.4, -0.2) is 55.0 Å². The Morgan fingerprint density at radius 1 is 0.522 bits per heavy atom. The molecule has 0 fully saturated rings. The SMILES string of the molecule is O=C(O)c1ccc(O)c(/N=C/c2cc3ccccc3c(-c3c(O)c(/C=N/c4cc(C(=O)O)ccc4O)cc4ccccc34)c2O)c1. The van der Waals surface area contributed by atoms with Gasteiger partial charge in [0.1, 0.15) is 34.4 Å². The van der Waals surface area contributed by atoms with Crippen molar-refractivity contribution < 1.29 is 40.2 Å². The van der Waals surface area contributed by atoms with Gasteiger partial charge in [0.05, 0.1) is 11.1 Å². The minimum atomic E-state index is -1.19. The molecule has 0 atom stereocenters. The van der Waals surface area contributed by atoms with Crippen molar-refractivity contribution in [2.24, 2.45) is 9.98 Å². The number of benzene rings is 6. The zero-order valence-electron chi connectivity index (χ0n) is 23.8. The second-order valence-corrected chi connectivity index (χ2v) is 10.4. The van der Waals surface area contributed by atoms with E-state index in [1.54, 1.807) is 36.4 Å². The zero-order valence-corrected chi connectivity index (χ0v) is 23.8. The normalized spacial score (nSPS) is 11.6. The van der Waals surface area contributed by atoms with Crippen LogP contribution < -0.4 is 0 Å². The van der Waals surface area contributed by atoms with Crippen molar-refractivity contribution in [3.8, 4) is 34.1 Å². The predicted octanol–water partition coefficient (Wildman–Crippen LogP) is 7.38. The van der Waals surface area contributed by atoms with E-state index in [0.717, 1.165) is 0 Å². The van der Waals surface area contributed by atoms with Crippen LogP contribution in [0.4, 0.5) is 11.4 Å². The van der Waals surface area contributed by atoms with Crippen molar-refractivity contribution in [3.05, 3.63) is 119 Å². The predicted molar refractivity (Wildman–Crippen MR) is 175 cm³/mol. The number of rotatable bonds is 7. The van der Waals surface area contributed by atoms with Gasteiger partial charge in [-0.05, 0) is 70.1 Å². The number of nitrogens with zero attached hydrogens (tertiary/aromatic N) is 2. The summed E-state index contributed by atoms with van der Waals surface area (Å²) >= 11 is 0. The molecule has 0 heterocycles. The molecule has 0 spiro atoms. The van der Waals surface area contributed by atoms with Crippen LogP contribution in [0.15, 0.2) is 107 Å². The van der Waals surface area contributed by atoms with Crippen molar-refractivity contribution in [1.29, 1.82) is 0 Å². The molecule has 6 aromatic carbocycles. The lowest BCUT2D eigenvalue weighted by Crippen LogP contribution is -1.96. The van der Waals surface area contributed by atoms with Gasteiger partial charge in [-0.25, -0.2) is 9.59 Å². The van der Waals surface area contributed by atoms with Crippen molar-refractivity contribution in [2.45, 2.75) is 0 Å². The van der Waals surface area contributed by atoms with Gasteiger partial charge in [-0.2, -0.15) is 0 Å². The third-order valence-electron chi connectivity index (χ3n) is 7.48. The van der Waals surface area contributed by atoms with E-state index in [4.69, 9.17) is 0 Å². The molecule has 226 valence electrons. The zero-order chi connectivity index (χ0) is 32.5. The van der Waals surface area contributed by atoms with Crippen molar-refractivity contribution in [2.75, 3.05) is 0 Å². The molecule has 10 nitrogen and oxygen atoms in total. The number of hydrogen-bond donors (Lipinski definition) is 6. The highest BCUT2D eigenvalue weighted by Gasteiger charge is 2.21. The average molecular weight is 613 g/mol. The van der Waals surface area contributed by atoms with Crippen LogP contribution >= 0.6 is 0 Å². The topological polar surface area (TPSA) is 180 Å². The number of carboxylic acids is 2. The summed E-state index contributed by atoms with van der Waals surface area (Å²) in [5.74, 6) is -3.37. The number of hydrogen-bond acceptors (Lipinski definition) is 8. The Morgan fingerprint density at radius 2 is 0.913 bits per heavy atom. The van der Waals surface area contributed by atoms with Gasteiger partial charge in [-0.1, -0.05) is 48.5 Å². The molecule has 0 saturated carbocycles. The molecule has 0 aliphatic carbocycles. The molecule has 0 saturated heterocycles. The van der Waals surface area contributed by atoms with E-state index in [0.29, 0.717) is 21.5 Å². The van der Waals surface area contributed by atoms with Crippen LogP contribution in [0.5, 0.6) is 23.0 Å². The molecule has 0 aliphatic heterocycles. The molecule has 6 aromatic rings. The van der Waals surface area contributed by atoms with Crippen molar-refractivity contribution >= 4 is 57.3 Å². The third kappa shape index (κ3) is 5.42. The summed E-state index contributed by atoms with van der Waals surface area (Å²) in [7, 11) is 0. The standard InChI is InChI=1S/C36H24N2O8/c39-29-11-9-21(35(43)44)15-27(29)37-17-23-13-19-5-1-3-7-25(19)31(33(23)41)32-26-8-4-2-6-20(26)14-24(34(32)42)18-38-28-16-22(36(45)46)10-12-30(28)40/h1-18,39-42H,(H,43,44)(H,45,46)/b37-17+,38-18+. The number of carboxylic acid groups (broad SMARTS) is 2. The summed E-state index contributed by atoms with van der Waals surface area (Å²) in [6, 6.07) is 25.1. The van der Waals surface area contributed by atoms with Crippen LogP contribution in [-0.2, 0) is 0 Å². The molecule has 0 aromatic heterocycles. The maximum Gasteiger partial charge on any atom is 0.335 e. The Kier molecular flexibility index (Phi) is 7.53. The molecule has 0 radical (unpaired) electrons. The van der Waals surface area contributed by atoms with E-state index in [1.165, 1.54) is 48.8 Å². The number of phenolic OH excluding ortho intramolecular Hbond substituents is 4. The highest BCUT2D eigenvalue weighted by molar-refractivity contribution is 6.14. The largest absolute Gasteiger partial charge is 0.507 e. The monoisotopic (exact) mass is 612 g/mol. The molecule has 6 rings (SSSR count). The van der Waals surface area contributed by atoms with Crippen LogP contribution in [0.3, 0.4) is 0 Å². The summed E-state index contributed by atoms with van der Waals surface area (Å²) in [5.41, 5.74) is 0.827. The molecular weight excluding hydrogens is 588 g/mol. The molecule has 0 aliphatic rings. The number of aromatic hydroxyl groups is 4. The summed E-state index contributed by atoms with van der Waals surface area (Å²) in [6.45, 7) is 0. The van der Waals surface area contributed by atoms with Gasteiger partial charge < -0.3 is 30.6 Å². The van der Waals surface area contributed by atoms with Gasteiger partial charge in [0.2, 0.25) is 0 Å². The van der Waals surface area contributed by atoms with E-state index in [1.807, 2.05) is 24.3 Å². The summed E-state index contributed by atoms with van der Waals surface area (Å²) < 4.78 is 0. The molecule has 0 bridgehead atoms. The second kappa shape index (κ2) is 11.8. The van der Waals surface area contributed by atoms with E-state index >= 15 is 0 Å². The molecular formula is C36H24N2O8. The van der Waals surface area contributed by atoms with Crippen molar-refractivity contribution in [1.82, 2.24) is 0 Å². The quantitative estimate of drug-likeness (QED) is 0.101. The number of aromatic carboxylic acids is 2. The first-order chi connectivity index (χ1) is 22.1. The minimum absolute atomic E-state index is 0.0178. The van der Waals surface area contributed by atoms with Gasteiger partial charge in [-0.15, -0.1) is 0 Å². The van der Waals surface area contributed by atoms with Crippen molar-refractivity contribution in [3.63, 3.8) is 0 Å². The second-order valence-electron chi connectivity index (χ2n) is 10.4. The van der Waals surface area contributed by atoms with Crippen LogP contribution in [0.25, 0.3) is 32.7 Å². The highest BCUT2D eigenvalue weighted by Crippen LogP contribution is 2.47. The third-order valence-corrected chi connectivity index (χ3v) is 7.48. The number of fused-ring (bicyclic) bond motifs is 2. The van der Waals surface area contributed by atoms with Crippen LogP contribution in [0, 0.1) is 0 Å². The minimum Gasteiger partial charge on any atom is -0.507 e. The Bertz CT molecular complexity index is 2110. The summed E-state index contributed by atoms with van der Waals surface area (Å²) in [4.78, 5) is 31.4. The summed E-state index contributed by atoms with van der Waals surface area (Å²) in [5, 5.41) is 65.4. The van der Waals surface area contributed by atoms with Gasteiger partial charge in [0, 0.05) is 34.7 Å². The molecule has 0 unspecified atom stereocenters. The molecule has 10 heteroatoms. The number of phenols is 4. The maximum absolute atomic E-state index is 11.8. The first kappa shape index (κ1) is 29.4. The molecule has 0 amide bonds. The first-order valence-electron chi connectivity index (χ1n) is 13.8. The fraction of sp³-hybridized carbons (Fsp3) is 0. The van der Waals surface area contributed by atoms with Crippen LogP contribution in [0.1, 0.15) is 31.8 Å². The first-order valence-corrected chi connectivity index (χ1v) is 13.8. The molecule has 6 N–H and O–H groups in total. The van der Waals surface area contributed by atoms with E-state index in [9.17, 15) is 40.2 Å². The number of carbonyl (C=O) groups is 2. The van der Waals surface area contributed by atoms with E-state index in [2.05, 4.69) is 9.98 Å². The van der Waals surface area contributed by atoms with E-state index < -0.39 is 11.9 Å². The Balaban J connectivity index is 1.57. The van der Waals surface area contributed by atoms with E-state index in [-0.39, 0.29) is 67.8 Å². The fourth-order valence-corrected chi connectivity index (χ4v) is 5.22. The Labute approximate surface area is 260 Å². The lowest BCUT2D eigenvalue weighted by Gasteiger charge is -2.17. The van der Waals surface area contributed by atoms with Gasteiger partial charge >= 0.3 is 11.9 Å². The average Bonchev–Trinajstić information content (AvgIpc) is 3.04. The molecule has 46 heavy (non-hydrogen) atoms. The van der Waals surface area contributed by atoms with Crippen LogP contribution in [0.2, 0.25) is 0 Å². The number of aliphatic imine (C=N–C) groups is 2. The fourth-order valence-electron chi connectivity index (χ4n) is 5.22. The maximum atomic E-state index is 11.8. The Morgan fingerprint density at radius 3 is 1.30 bits per heavy atom. The smallest absolute Gasteiger partial charge is 0.335 e. The summed E-state index contributed by atoms with van der Waals surface area (Å²) in [6.07, 6.45) is 2.60. The van der Waals surface area contributed by atoms with Gasteiger partial charge in [0.25, 0.3) is 0 Å². The lowest BCUT2D eigenvalue weighted by atomic mass is 9.89. The van der Waals surface area contributed by atoms with Gasteiger partial charge in [0.15, 0.2) is 0 Å². The highest BCUT2D eigenvalue weighted by atomic mass is 16.4. The van der Waals surface area contributed by atoms with Gasteiger partial charge in [-0.3, -0.25) is 9.98 Å². The lowest BCUT2D eigenvalue weighted by molar-refractivity contribution is 0.0686.